The van der Waals surface area contributed by atoms with Gasteiger partial charge in [-0.25, -0.2) is 14.4 Å². The fraction of sp³-hybridized carbons (Fsp3) is 0.150. The van der Waals surface area contributed by atoms with E-state index >= 15 is 0 Å². The molecule has 0 spiro atoms. The molecule has 1 aromatic carbocycles. The number of benzene rings is 1. The number of aromatic nitrogens is 4. The van der Waals surface area contributed by atoms with Crippen molar-refractivity contribution in [3.05, 3.63) is 72.7 Å². The van der Waals surface area contributed by atoms with Gasteiger partial charge in [-0.3, -0.25) is 9.38 Å². The van der Waals surface area contributed by atoms with Crippen LogP contribution in [0.4, 0.5) is 4.39 Å². The predicted octanol–water partition coefficient (Wildman–Crippen LogP) is 4.67. The topological polar surface area (TPSA) is 63.3 Å². The van der Waals surface area contributed by atoms with E-state index in [1.54, 1.807) is 56.7 Å². The van der Waals surface area contributed by atoms with Crippen LogP contribution in [0.25, 0.3) is 28.2 Å². The SMILES string of the molecule is CC(C)(O)c1ccn2c(-c3ccc(F)c(-c4cccnc4)c3)cnc2n1.Cl.Cl. The summed E-state index contributed by atoms with van der Waals surface area (Å²) in [6.45, 7) is 3.35. The molecule has 0 fully saturated rings. The normalized spacial score (nSPS) is 11.0. The monoisotopic (exact) mass is 420 g/mol. The molecule has 0 aliphatic heterocycles. The summed E-state index contributed by atoms with van der Waals surface area (Å²) in [5.41, 5.74) is 2.29. The first-order valence-electron chi connectivity index (χ1n) is 8.21. The van der Waals surface area contributed by atoms with E-state index in [0.717, 1.165) is 11.3 Å². The molecule has 5 nitrogen and oxygen atoms in total. The molecule has 3 aromatic heterocycles. The Balaban J connectivity index is 0.00000140. The summed E-state index contributed by atoms with van der Waals surface area (Å²) >= 11 is 0. The van der Waals surface area contributed by atoms with E-state index in [1.807, 2.05) is 16.7 Å². The maximum atomic E-state index is 14.3. The lowest BCUT2D eigenvalue weighted by atomic mass is 10.0. The largest absolute Gasteiger partial charge is 0.384 e. The van der Waals surface area contributed by atoms with Gasteiger partial charge in [0.15, 0.2) is 0 Å². The van der Waals surface area contributed by atoms with E-state index in [2.05, 4.69) is 15.0 Å². The number of imidazole rings is 1. The average molecular weight is 421 g/mol. The summed E-state index contributed by atoms with van der Waals surface area (Å²) in [5, 5.41) is 10.1. The second-order valence-electron chi connectivity index (χ2n) is 6.62. The number of nitrogens with zero attached hydrogens (tertiary/aromatic N) is 4. The third-order valence-corrected chi connectivity index (χ3v) is 4.24. The molecule has 0 saturated heterocycles. The second-order valence-corrected chi connectivity index (χ2v) is 6.62. The van der Waals surface area contributed by atoms with Gasteiger partial charge in [-0.1, -0.05) is 6.07 Å². The molecule has 0 saturated carbocycles. The van der Waals surface area contributed by atoms with Crippen molar-refractivity contribution >= 4 is 30.6 Å². The molecule has 0 atom stereocenters. The van der Waals surface area contributed by atoms with Gasteiger partial charge in [-0.15, -0.1) is 24.8 Å². The Morgan fingerprint density at radius 2 is 1.82 bits per heavy atom. The van der Waals surface area contributed by atoms with Crippen molar-refractivity contribution in [3.8, 4) is 22.4 Å². The first kappa shape index (κ1) is 21.8. The molecular formula is C20H19Cl2FN4O. The third-order valence-electron chi connectivity index (χ3n) is 4.24. The minimum atomic E-state index is -1.04. The zero-order valence-corrected chi connectivity index (χ0v) is 16.8. The minimum Gasteiger partial charge on any atom is -0.384 e. The van der Waals surface area contributed by atoms with Crippen molar-refractivity contribution in [1.29, 1.82) is 0 Å². The zero-order chi connectivity index (χ0) is 18.3. The lowest BCUT2D eigenvalue weighted by Crippen LogP contribution is -2.18. The molecule has 146 valence electrons. The van der Waals surface area contributed by atoms with Gasteiger partial charge in [-0.05, 0) is 44.2 Å². The number of rotatable bonds is 3. The van der Waals surface area contributed by atoms with Crippen LogP contribution in [0.2, 0.25) is 0 Å². The van der Waals surface area contributed by atoms with E-state index in [0.29, 0.717) is 22.6 Å². The Labute approximate surface area is 174 Å². The molecule has 0 aliphatic carbocycles. The standard InChI is InChI=1S/C20H17FN4O.2ClH/c1-20(2,26)18-7-9-25-17(12-23-19(25)24-18)13-5-6-16(21)15(10-13)14-4-3-8-22-11-14;;/h3-12,26H,1-2H3;2*1H. The first-order valence-corrected chi connectivity index (χ1v) is 8.21. The van der Waals surface area contributed by atoms with Crippen LogP contribution < -0.4 is 0 Å². The highest BCUT2D eigenvalue weighted by Crippen LogP contribution is 2.29. The van der Waals surface area contributed by atoms with E-state index in [9.17, 15) is 9.50 Å². The van der Waals surface area contributed by atoms with Gasteiger partial charge in [0.2, 0.25) is 5.78 Å². The second kappa shape index (κ2) is 8.22. The summed E-state index contributed by atoms with van der Waals surface area (Å²) in [5.74, 6) is 0.171. The maximum absolute atomic E-state index is 14.3. The fourth-order valence-corrected chi connectivity index (χ4v) is 2.85. The van der Waals surface area contributed by atoms with E-state index < -0.39 is 5.60 Å². The summed E-state index contributed by atoms with van der Waals surface area (Å²) in [4.78, 5) is 12.8. The van der Waals surface area contributed by atoms with Gasteiger partial charge < -0.3 is 5.11 Å². The Kier molecular flexibility index (Phi) is 6.39. The van der Waals surface area contributed by atoms with Gasteiger partial charge in [0, 0.05) is 35.3 Å². The highest BCUT2D eigenvalue weighted by atomic mass is 35.5. The van der Waals surface area contributed by atoms with Crippen LogP contribution in [0.1, 0.15) is 19.5 Å². The average Bonchev–Trinajstić information content (AvgIpc) is 3.05. The first-order chi connectivity index (χ1) is 12.4. The van der Waals surface area contributed by atoms with Gasteiger partial charge in [0.1, 0.15) is 11.4 Å². The Morgan fingerprint density at radius 3 is 2.50 bits per heavy atom. The molecule has 1 N–H and O–H groups in total. The highest BCUT2D eigenvalue weighted by Gasteiger charge is 2.19. The van der Waals surface area contributed by atoms with Gasteiger partial charge in [-0.2, -0.15) is 0 Å². The predicted molar refractivity (Wildman–Crippen MR) is 111 cm³/mol. The molecule has 3 heterocycles. The van der Waals surface area contributed by atoms with Crippen LogP contribution in [-0.2, 0) is 5.60 Å². The van der Waals surface area contributed by atoms with E-state index in [-0.39, 0.29) is 30.6 Å². The lowest BCUT2D eigenvalue weighted by Gasteiger charge is -2.16. The number of fused-ring (bicyclic) bond motifs is 1. The number of aliphatic hydroxyl groups is 1. The van der Waals surface area contributed by atoms with Gasteiger partial charge in [0.25, 0.3) is 0 Å². The smallest absolute Gasteiger partial charge is 0.234 e. The third kappa shape index (κ3) is 3.99. The molecular weight excluding hydrogens is 402 g/mol. The van der Waals surface area contributed by atoms with Crippen LogP contribution >= 0.6 is 24.8 Å². The molecule has 0 radical (unpaired) electrons. The zero-order valence-electron chi connectivity index (χ0n) is 15.2. The van der Waals surface area contributed by atoms with Crippen LogP contribution in [0.3, 0.4) is 0 Å². The van der Waals surface area contributed by atoms with Crippen molar-refractivity contribution in [3.63, 3.8) is 0 Å². The quantitative estimate of drug-likeness (QED) is 0.522. The summed E-state index contributed by atoms with van der Waals surface area (Å²) in [7, 11) is 0. The molecule has 0 aliphatic rings. The number of hydrogen-bond acceptors (Lipinski definition) is 4. The number of halogens is 3. The highest BCUT2D eigenvalue weighted by molar-refractivity contribution is 5.85. The van der Waals surface area contributed by atoms with Gasteiger partial charge >= 0.3 is 0 Å². The van der Waals surface area contributed by atoms with Crippen LogP contribution in [0.5, 0.6) is 0 Å². The van der Waals surface area contributed by atoms with Crippen LogP contribution in [-0.4, -0.2) is 24.5 Å². The van der Waals surface area contributed by atoms with Crippen LogP contribution in [0, 0.1) is 5.82 Å². The van der Waals surface area contributed by atoms with Crippen molar-refractivity contribution < 1.29 is 9.50 Å². The number of hydrogen-bond donors (Lipinski definition) is 1. The molecule has 0 amide bonds. The maximum Gasteiger partial charge on any atom is 0.234 e. The van der Waals surface area contributed by atoms with Crippen molar-refractivity contribution in [2.45, 2.75) is 19.4 Å². The molecule has 4 rings (SSSR count). The molecule has 4 aromatic rings. The summed E-state index contributed by atoms with van der Waals surface area (Å²) in [6.07, 6.45) is 6.79. The van der Waals surface area contributed by atoms with Crippen molar-refractivity contribution in [2.75, 3.05) is 0 Å². The number of pyridine rings is 1. The van der Waals surface area contributed by atoms with Crippen LogP contribution in [0.15, 0.2) is 61.2 Å². The minimum absolute atomic E-state index is 0. The lowest BCUT2D eigenvalue weighted by molar-refractivity contribution is 0.0739. The van der Waals surface area contributed by atoms with E-state index in [1.165, 1.54) is 6.07 Å². The molecule has 8 heteroatoms. The summed E-state index contributed by atoms with van der Waals surface area (Å²) < 4.78 is 16.1. The van der Waals surface area contributed by atoms with Crippen molar-refractivity contribution in [2.24, 2.45) is 0 Å². The van der Waals surface area contributed by atoms with Crippen molar-refractivity contribution in [1.82, 2.24) is 19.4 Å². The Morgan fingerprint density at radius 1 is 1.04 bits per heavy atom. The Hall–Kier alpha value is -2.54. The Bertz CT molecular complexity index is 1090. The summed E-state index contributed by atoms with van der Waals surface area (Å²) in [6, 6.07) is 10.3. The van der Waals surface area contributed by atoms with Gasteiger partial charge in [0.05, 0.1) is 17.6 Å². The fourth-order valence-electron chi connectivity index (χ4n) is 2.85. The molecule has 28 heavy (non-hydrogen) atoms. The molecule has 0 unspecified atom stereocenters. The van der Waals surface area contributed by atoms with E-state index in [4.69, 9.17) is 0 Å². The molecule has 0 bridgehead atoms.